The number of nitrogens with two attached hydrogens (primary N) is 1. The number of aliphatic imine (C=N–C) groups is 1. The topological polar surface area (TPSA) is 77.4 Å². The highest BCUT2D eigenvalue weighted by atomic mass is 35.5. The van der Waals surface area contributed by atoms with E-state index in [0.717, 1.165) is 67.2 Å². The third-order valence-electron chi connectivity index (χ3n) is 8.32. The van der Waals surface area contributed by atoms with E-state index in [2.05, 4.69) is 22.9 Å². The van der Waals surface area contributed by atoms with E-state index < -0.39 is 11.6 Å². The molecule has 0 bridgehead atoms. The van der Waals surface area contributed by atoms with E-state index in [9.17, 15) is 9.65 Å². The molecule has 0 spiro atoms. The summed E-state index contributed by atoms with van der Waals surface area (Å²) in [6.07, 6.45) is 4.35. The first-order valence-electron chi connectivity index (χ1n) is 13.1. The molecule has 1 fully saturated rings. The van der Waals surface area contributed by atoms with Gasteiger partial charge in [-0.3, -0.25) is 0 Å². The first-order chi connectivity index (χ1) is 18.3. The van der Waals surface area contributed by atoms with Crippen molar-refractivity contribution in [2.75, 3.05) is 30.3 Å². The van der Waals surface area contributed by atoms with Gasteiger partial charge in [0.2, 0.25) is 0 Å². The van der Waals surface area contributed by atoms with Crippen LogP contribution in [0.1, 0.15) is 43.7 Å². The smallest absolute Gasteiger partial charge is 0.160 e. The second kappa shape index (κ2) is 9.64. The molecule has 0 saturated carbocycles. The Hall–Kier alpha value is -2.99. The van der Waals surface area contributed by atoms with Gasteiger partial charge in [0.25, 0.3) is 0 Å². The summed E-state index contributed by atoms with van der Waals surface area (Å²) in [5.74, 6) is -0.0628. The maximum Gasteiger partial charge on any atom is 0.160 e. The minimum atomic E-state index is -0.571. The van der Waals surface area contributed by atoms with E-state index in [1.165, 1.54) is 12.1 Å². The fourth-order valence-corrected chi connectivity index (χ4v) is 7.71. The Kier molecular flexibility index (Phi) is 6.42. The Bertz CT molecular complexity index is 1560. The molecular formula is C29H28ClF2N5S. The Morgan fingerprint density at radius 3 is 2.84 bits per heavy atom. The molecule has 4 heterocycles. The fraction of sp³-hybridized carbons (Fsp3) is 0.379. The number of allylic oxidation sites excluding steroid dienone is 1. The van der Waals surface area contributed by atoms with Crippen LogP contribution in [0.2, 0.25) is 5.02 Å². The molecule has 196 valence electrons. The van der Waals surface area contributed by atoms with E-state index in [0.29, 0.717) is 41.3 Å². The standard InChI is InChI=1S/C29H28ClF2N5S/c1-3-21-14(2)37-13-16(15-9-10-35-12-15)5-4-6-18-24(30)23(25(32)26(36-21)27(18)37)17-7-8-20(31)28-22(17)19(11-33)29(34)38-28/h7-8,15-16,35H,2-6,9-10,12-13,34H2,1H3. The third kappa shape index (κ3) is 3.75. The average Bonchev–Trinajstić information content (AvgIpc) is 3.54. The SMILES string of the molecule is C=C1C(CC)=Nc2c(F)c(-c3ccc(F)c4sc(N)c(C#N)c34)c(Cl)c3c2N1CC(C1CCNC1)CCC3. The van der Waals surface area contributed by atoms with Gasteiger partial charge in [0.1, 0.15) is 22.6 Å². The van der Waals surface area contributed by atoms with Crippen LogP contribution in [0.4, 0.5) is 25.2 Å². The van der Waals surface area contributed by atoms with Crippen molar-refractivity contribution in [2.24, 2.45) is 16.8 Å². The molecule has 1 aromatic heterocycles. The second-order valence-electron chi connectivity index (χ2n) is 10.3. The normalized spacial score (nSPS) is 21.2. The summed E-state index contributed by atoms with van der Waals surface area (Å²) >= 11 is 8.06. The molecule has 2 atom stereocenters. The number of thiophene rings is 1. The van der Waals surface area contributed by atoms with E-state index in [-0.39, 0.29) is 31.5 Å². The predicted octanol–water partition coefficient (Wildman–Crippen LogP) is 7.33. The second-order valence-corrected chi connectivity index (χ2v) is 11.7. The van der Waals surface area contributed by atoms with Gasteiger partial charge >= 0.3 is 0 Å². The quantitative estimate of drug-likeness (QED) is 0.357. The number of hydrogen-bond acceptors (Lipinski definition) is 6. The molecule has 3 aliphatic heterocycles. The molecule has 1 saturated heterocycles. The van der Waals surface area contributed by atoms with Crippen molar-refractivity contribution in [2.45, 2.75) is 39.0 Å². The number of nitriles is 1. The van der Waals surface area contributed by atoms with Crippen molar-refractivity contribution in [3.63, 3.8) is 0 Å². The Morgan fingerprint density at radius 2 is 2.13 bits per heavy atom. The zero-order valence-corrected chi connectivity index (χ0v) is 22.7. The van der Waals surface area contributed by atoms with Gasteiger partial charge in [-0.25, -0.2) is 13.8 Å². The molecule has 0 radical (unpaired) electrons. The highest BCUT2D eigenvalue weighted by Gasteiger charge is 2.37. The molecule has 2 aromatic carbocycles. The Morgan fingerprint density at radius 1 is 1.32 bits per heavy atom. The zero-order valence-electron chi connectivity index (χ0n) is 21.1. The first kappa shape index (κ1) is 25.3. The van der Waals surface area contributed by atoms with Crippen molar-refractivity contribution in [3.8, 4) is 17.2 Å². The van der Waals surface area contributed by atoms with Gasteiger partial charge in [-0.15, -0.1) is 11.3 Å². The molecule has 0 amide bonds. The van der Waals surface area contributed by atoms with Crippen molar-refractivity contribution < 1.29 is 8.78 Å². The molecule has 3 aromatic rings. The fourth-order valence-electron chi connectivity index (χ4n) is 6.39. The van der Waals surface area contributed by atoms with Gasteiger partial charge in [-0.2, -0.15) is 5.26 Å². The number of benzene rings is 2. The summed E-state index contributed by atoms with van der Waals surface area (Å²) in [6, 6.07) is 4.85. The molecule has 3 aliphatic rings. The Balaban J connectivity index is 1.62. The average molecular weight is 552 g/mol. The highest BCUT2D eigenvalue weighted by Crippen LogP contribution is 2.53. The highest BCUT2D eigenvalue weighted by molar-refractivity contribution is 7.23. The van der Waals surface area contributed by atoms with Crippen LogP contribution in [0, 0.1) is 34.8 Å². The number of fused-ring (bicyclic) bond motifs is 1. The minimum absolute atomic E-state index is 0.135. The lowest BCUT2D eigenvalue weighted by molar-refractivity contribution is 0.329. The molecule has 9 heteroatoms. The van der Waals surface area contributed by atoms with Gasteiger partial charge in [-0.1, -0.05) is 31.2 Å². The molecular weight excluding hydrogens is 524 g/mol. The summed E-state index contributed by atoms with van der Waals surface area (Å²) in [4.78, 5) is 6.91. The van der Waals surface area contributed by atoms with Gasteiger partial charge in [0.05, 0.1) is 32.4 Å². The van der Waals surface area contributed by atoms with Crippen molar-refractivity contribution in [1.82, 2.24) is 5.32 Å². The van der Waals surface area contributed by atoms with Crippen LogP contribution in [0.25, 0.3) is 21.2 Å². The minimum Gasteiger partial charge on any atom is -0.389 e. The number of rotatable bonds is 3. The lowest BCUT2D eigenvalue weighted by atomic mass is 9.83. The molecule has 5 nitrogen and oxygen atoms in total. The van der Waals surface area contributed by atoms with Crippen LogP contribution in [0.5, 0.6) is 0 Å². The van der Waals surface area contributed by atoms with E-state index in [1.807, 2.05) is 6.92 Å². The van der Waals surface area contributed by atoms with Crippen LogP contribution >= 0.6 is 22.9 Å². The molecule has 6 rings (SSSR count). The number of hydrogen-bond donors (Lipinski definition) is 2. The number of anilines is 2. The van der Waals surface area contributed by atoms with Gasteiger partial charge in [-0.05, 0) is 74.2 Å². The van der Waals surface area contributed by atoms with Crippen LogP contribution < -0.4 is 16.0 Å². The van der Waals surface area contributed by atoms with Crippen molar-refractivity contribution in [1.29, 1.82) is 5.26 Å². The lowest BCUT2D eigenvalue weighted by Gasteiger charge is -2.40. The summed E-state index contributed by atoms with van der Waals surface area (Å²) in [6.45, 7) is 9.12. The summed E-state index contributed by atoms with van der Waals surface area (Å²) in [5, 5.41) is 14.1. The Labute approximate surface area is 229 Å². The van der Waals surface area contributed by atoms with E-state index >= 15 is 4.39 Å². The van der Waals surface area contributed by atoms with Crippen LogP contribution in [-0.4, -0.2) is 25.3 Å². The predicted molar refractivity (Wildman–Crippen MR) is 153 cm³/mol. The van der Waals surface area contributed by atoms with Crippen LogP contribution in [-0.2, 0) is 6.42 Å². The number of nitrogens with one attached hydrogen (secondary N) is 1. The van der Waals surface area contributed by atoms with Gasteiger partial charge in [0, 0.05) is 17.5 Å². The lowest BCUT2D eigenvalue weighted by Crippen LogP contribution is -2.38. The maximum absolute atomic E-state index is 16.7. The molecule has 2 unspecified atom stereocenters. The first-order valence-corrected chi connectivity index (χ1v) is 14.2. The van der Waals surface area contributed by atoms with Gasteiger partial charge < -0.3 is 16.0 Å². The van der Waals surface area contributed by atoms with Crippen LogP contribution in [0.3, 0.4) is 0 Å². The number of nitrogens with zero attached hydrogens (tertiary/aromatic N) is 3. The number of halogens is 3. The monoisotopic (exact) mass is 551 g/mol. The van der Waals surface area contributed by atoms with Crippen LogP contribution in [0.15, 0.2) is 29.4 Å². The molecule has 3 N–H and O–H groups in total. The zero-order chi connectivity index (χ0) is 26.7. The maximum atomic E-state index is 16.7. The molecule has 0 aliphatic carbocycles. The summed E-state index contributed by atoms with van der Waals surface area (Å²) in [7, 11) is 0. The summed E-state index contributed by atoms with van der Waals surface area (Å²) < 4.78 is 31.7. The largest absolute Gasteiger partial charge is 0.389 e. The van der Waals surface area contributed by atoms with Gasteiger partial charge in [0.15, 0.2) is 5.82 Å². The molecule has 38 heavy (non-hydrogen) atoms. The van der Waals surface area contributed by atoms with Crippen molar-refractivity contribution in [3.05, 3.63) is 52.2 Å². The van der Waals surface area contributed by atoms with Crippen molar-refractivity contribution >= 4 is 55.1 Å². The van der Waals surface area contributed by atoms with E-state index in [1.54, 1.807) is 0 Å². The number of nitrogen functional groups attached to an aromatic ring is 1. The third-order valence-corrected chi connectivity index (χ3v) is 9.76. The van der Waals surface area contributed by atoms with E-state index in [4.69, 9.17) is 22.3 Å². The summed E-state index contributed by atoms with van der Waals surface area (Å²) in [5.41, 5.74) is 9.98.